The standard InChI is InChI=1S/C23H18N4O5/c1-14-7-8-17(13-20(14)28)24-22(29)19-12-15-11-18(27(30)31)9-10-21(15)32-23(19)26-25-16-5-3-2-4-6-16/h2-13,25,28H,1H3,(H,24,29)/b26-23-. The van der Waals surface area contributed by atoms with Crippen LogP contribution in [0.4, 0.5) is 17.1 Å². The molecule has 0 atom stereocenters. The molecule has 4 rings (SSSR count). The third-order valence-corrected chi connectivity index (χ3v) is 4.71. The van der Waals surface area contributed by atoms with Gasteiger partial charge in [0.1, 0.15) is 16.9 Å². The van der Waals surface area contributed by atoms with Gasteiger partial charge in [-0.25, -0.2) is 0 Å². The van der Waals surface area contributed by atoms with Gasteiger partial charge in [-0.1, -0.05) is 24.3 Å². The van der Waals surface area contributed by atoms with Gasteiger partial charge in [-0.15, -0.1) is 5.10 Å². The number of non-ortho nitro benzene ring substituents is 1. The number of rotatable bonds is 5. The number of phenols is 1. The summed E-state index contributed by atoms with van der Waals surface area (Å²) in [4.78, 5) is 23.6. The maximum atomic E-state index is 13.0. The van der Waals surface area contributed by atoms with E-state index >= 15 is 0 Å². The number of carbonyl (C=O) groups is 1. The number of nitrogens with one attached hydrogen (secondary N) is 2. The number of carbonyl (C=O) groups excluding carboxylic acids is 1. The lowest BCUT2D eigenvalue weighted by atomic mass is 10.1. The Morgan fingerprint density at radius 2 is 1.81 bits per heavy atom. The van der Waals surface area contributed by atoms with Crippen LogP contribution in [0.5, 0.6) is 5.75 Å². The zero-order chi connectivity index (χ0) is 22.7. The van der Waals surface area contributed by atoms with E-state index in [1.807, 2.05) is 18.2 Å². The van der Waals surface area contributed by atoms with E-state index < -0.39 is 10.8 Å². The van der Waals surface area contributed by atoms with Gasteiger partial charge in [0.25, 0.3) is 11.6 Å². The monoisotopic (exact) mass is 430 g/mol. The molecule has 0 fully saturated rings. The molecule has 0 unspecified atom stereocenters. The van der Waals surface area contributed by atoms with Crippen LogP contribution in [-0.2, 0) is 0 Å². The molecule has 160 valence electrons. The number of nitrogens with zero attached hydrogens (tertiary/aromatic N) is 2. The molecule has 32 heavy (non-hydrogen) atoms. The number of amides is 1. The molecule has 0 radical (unpaired) electrons. The summed E-state index contributed by atoms with van der Waals surface area (Å²) in [6.07, 6.45) is 0. The Morgan fingerprint density at radius 3 is 2.53 bits per heavy atom. The van der Waals surface area contributed by atoms with Crippen molar-refractivity contribution in [2.24, 2.45) is 5.10 Å². The largest absolute Gasteiger partial charge is 0.508 e. The summed E-state index contributed by atoms with van der Waals surface area (Å²) >= 11 is 0. The van der Waals surface area contributed by atoms with E-state index in [0.717, 1.165) is 0 Å². The Morgan fingerprint density at radius 1 is 1.03 bits per heavy atom. The van der Waals surface area contributed by atoms with Gasteiger partial charge in [-0.2, -0.15) is 0 Å². The summed E-state index contributed by atoms with van der Waals surface area (Å²) in [6, 6.07) is 19.4. The predicted molar refractivity (Wildman–Crippen MR) is 119 cm³/mol. The number of aryl methyl sites for hydroxylation is 1. The summed E-state index contributed by atoms with van der Waals surface area (Å²) in [6.45, 7) is 1.74. The van der Waals surface area contributed by atoms with E-state index in [4.69, 9.17) is 4.42 Å². The van der Waals surface area contributed by atoms with Crippen LogP contribution in [0, 0.1) is 17.0 Å². The fourth-order valence-electron chi connectivity index (χ4n) is 2.99. The number of phenolic OH excluding ortho intramolecular Hbond substituents is 1. The van der Waals surface area contributed by atoms with E-state index in [1.165, 1.54) is 30.3 Å². The van der Waals surface area contributed by atoms with Gasteiger partial charge in [0.15, 0.2) is 0 Å². The van der Waals surface area contributed by atoms with Crippen LogP contribution in [0.3, 0.4) is 0 Å². The van der Waals surface area contributed by atoms with Gasteiger partial charge in [0.2, 0.25) is 5.55 Å². The number of anilines is 2. The first-order chi connectivity index (χ1) is 15.4. The minimum atomic E-state index is -0.556. The van der Waals surface area contributed by atoms with Crippen molar-refractivity contribution in [3.63, 3.8) is 0 Å². The normalized spacial score (nSPS) is 11.3. The van der Waals surface area contributed by atoms with Crippen LogP contribution in [0.25, 0.3) is 11.0 Å². The molecular formula is C23H18N4O5. The number of nitro benzene ring substituents is 1. The molecule has 1 aromatic heterocycles. The topological polar surface area (TPSA) is 130 Å². The SMILES string of the molecule is Cc1ccc(NC(=O)c2cc3cc([N+](=O)[O-])ccc3o/c2=N\Nc2ccccc2)cc1O. The number of hydrogen-bond acceptors (Lipinski definition) is 7. The lowest BCUT2D eigenvalue weighted by Crippen LogP contribution is -2.22. The highest BCUT2D eigenvalue weighted by molar-refractivity contribution is 6.05. The molecule has 1 amide bonds. The van der Waals surface area contributed by atoms with Crippen molar-refractivity contribution in [3.05, 3.63) is 99.6 Å². The molecular weight excluding hydrogens is 412 g/mol. The fraction of sp³-hybridized carbons (Fsp3) is 0.0435. The highest BCUT2D eigenvalue weighted by Gasteiger charge is 2.16. The number of hydrogen-bond donors (Lipinski definition) is 3. The minimum Gasteiger partial charge on any atom is -0.508 e. The van der Waals surface area contributed by atoms with Crippen LogP contribution >= 0.6 is 0 Å². The smallest absolute Gasteiger partial charge is 0.270 e. The summed E-state index contributed by atoms with van der Waals surface area (Å²) in [5.74, 6) is -0.517. The van der Waals surface area contributed by atoms with Crippen molar-refractivity contribution >= 4 is 33.9 Å². The second kappa shape index (κ2) is 8.60. The van der Waals surface area contributed by atoms with Crippen LogP contribution in [0.15, 0.2) is 82.3 Å². The summed E-state index contributed by atoms with van der Waals surface area (Å²) < 4.78 is 5.79. The lowest BCUT2D eigenvalue weighted by Gasteiger charge is -2.08. The first-order valence-corrected chi connectivity index (χ1v) is 9.59. The maximum absolute atomic E-state index is 13.0. The second-order valence-corrected chi connectivity index (χ2v) is 6.99. The molecule has 9 heteroatoms. The van der Waals surface area contributed by atoms with E-state index in [-0.39, 0.29) is 22.6 Å². The van der Waals surface area contributed by atoms with Gasteiger partial charge < -0.3 is 14.8 Å². The zero-order valence-electron chi connectivity index (χ0n) is 16.9. The first-order valence-electron chi connectivity index (χ1n) is 9.59. The van der Waals surface area contributed by atoms with Crippen molar-refractivity contribution in [1.29, 1.82) is 0 Å². The van der Waals surface area contributed by atoms with Gasteiger partial charge in [-0.05, 0) is 42.8 Å². The van der Waals surface area contributed by atoms with E-state index in [2.05, 4.69) is 15.8 Å². The Kier molecular flexibility index (Phi) is 5.54. The maximum Gasteiger partial charge on any atom is 0.270 e. The van der Waals surface area contributed by atoms with Gasteiger partial charge in [0, 0.05) is 29.3 Å². The van der Waals surface area contributed by atoms with E-state index in [1.54, 1.807) is 31.2 Å². The lowest BCUT2D eigenvalue weighted by molar-refractivity contribution is -0.384. The van der Waals surface area contributed by atoms with Crippen molar-refractivity contribution in [3.8, 4) is 5.75 Å². The molecule has 0 bridgehead atoms. The van der Waals surface area contributed by atoms with Crippen molar-refractivity contribution in [2.45, 2.75) is 6.92 Å². The number of benzene rings is 3. The van der Waals surface area contributed by atoms with Crippen molar-refractivity contribution in [2.75, 3.05) is 10.7 Å². The Hall–Kier alpha value is -4.66. The molecule has 0 aliphatic carbocycles. The molecule has 0 aliphatic rings. The van der Waals surface area contributed by atoms with Gasteiger partial charge in [0.05, 0.1) is 10.6 Å². The molecule has 3 aromatic carbocycles. The number of fused-ring (bicyclic) bond motifs is 1. The van der Waals surface area contributed by atoms with Crippen LogP contribution < -0.4 is 16.3 Å². The highest BCUT2D eigenvalue weighted by Crippen LogP contribution is 2.23. The molecule has 0 saturated heterocycles. The van der Waals surface area contributed by atoms with Gasteiger partial charge >= 0.3 is 0 Å². The molecule has 0 spiro atoms. The van der Waals surface area contributed by atoms with Crippen LogP contribution in [-0.4, -0.2) is 15.9 Å². The molecule has 3 N–H and O–H groups in total. The Labute approximate surface area is 181 Å². The molecule has 0 saturated carbocycles. The Balaban J connectivity index is 1.79. The summed E-state index contributed by atoms with van der Waals surface area (Å²) in [5, 5.41) is 28.3. The van der Waals surface area contributed by atoms with E-state index in [0.29, 0.717) is 27.9 Å². The molecule has 1 heterocycles. The minimum absolute atomic E-state index is 0.0101. The third-order valence-electron chi connectivity index (χ3n) is 4.71. The quantitative estimate of drug-likeness (QED) is 0.315. The highest BCUT2D eigenvalue weighted by atomic mass is 16.6. The first kappa shape index (κ1) is 20.6. The fourth-order valence-corrected chi connectivity index (χ4v) is 2.99. The van der Waals surface area contributed by atoms with Gasteiger partial charge in [-0.3, -0.25) is 20.3 Å². The van der Waals surface area contributed by atoms with Crippen LogP contribution in [0.1, 0.15) is 15.9 Å². The number of para-hydroxylation sites is 1. The summed E-state index contributed by atoms with van der Waals surface area (Å²) in [5.41, 5.74) is 4.80. The third kappa shape index (κ3) is 4.41. The number of aromatic hydroxyl groups is 1. The Bertz CT molecular complexity index is 1400. The van der Waals surface area contributed by atoms with Crippen molar-refractivity contribution < 1.29 is 19.2 Å². The second-order valence-electron chi connectivity index (χ2n) is 6.99. The average molecular weight is 430 g/mol. The van der Waals surface area contributed by atoms with Crippen molar-refractivity contribution in [1.82, 2.24) is 0 Å². The average Bonchev–Trinajstić information content (AvgIpc) is 2.79. The molecule has 9 nitrogen and oxygen atoms in total. The van der Waals surface area contributed by atoms with E-state index in [9.17, 15) is 20.0 Å². The van der Waals surface area contributed by atoms with Crippen LogP contribution in [0.2, 0.25) is 0 Å². The molecule has 4 aromatic rings. The molecule has 0 aliphatic heterocycles. The predicted octanol–water partition coefficient (Wildman–Crippen LogP) is 4.54. The zero-order valence-corrected chi connectivity index (χ0v) is 16.9. The summed E-state index contributed by atoms with van der Waals surface area (Å²) in [7, 11) is 0. The number of nitro groups is 1.